The first-order valence-electron chi connectivity index (χ1n) is 7.22. The summed E-state index contributed by atoms with van der Waals surface area (Å²) >= 11 is 0. The topological polar surface area (TPSA) is 29.5 Å². The average Bonchev–Trinajstić information content (AvgIpc) is 2.37. The summed E-state index contributed by atoms with van der Waals surface area (Å²) in [6.07, 6.45) is 5.70. The predicted molar refractivity (Wildman–Crippen MR) is 74.7 cm³/mol. The quantitative estimate of drug-likeness (QED) is 0.655. The van der Waals surface area contributed by atoms with Gasteiger partial charge in [0.2, 0.25) is 0 Å². The lowest BCUT2D eigenvalue weighted by Crippen LogP contribution is -2.45. The molecular formula is C15H29NO2. The molecule has 0 heterocycles. The van der Waals surface area contributed by atoms with Crippen LogP contribution in [0, 0.1) is 11.3 Å². The third kappa shape index (κ3) is 4.36. The largest absolute Gasteiger partial charge is 0.383 e. The second-order valence-corrected chi connectivity index (χ2v) is 6.22. The van der Waals surface area contributed by atoms with Crippen molar-refractivity contribution in [1.82, 2.24) is 4.90 Å². The van der Waals surface area contributed by atoms with Gasteiger partial charge in [-0.25, -0.2) is 0 Å². The Morgan fingerprint density at radius 2 is 2.00 bits per heavy atom. The van der Waals surface area contributed by atoms with E-state index in [1.807, 2.05) is 0 Å². The van der Waals surface area contributed by atoms with Gasteiger partial charge < -0.3 is 9.53 Å². The molecule has 0 aliphatic heterocycles. The molecule has 0 aromatic rings. The summed E-state index contributed by atoms with van der Waals surface area (Å²) in [5.41, 5.74) is -0.107. The van der Waals surface area contributed by atoms with Gasteiger partial charge in [-0.3, -0.25) is 4.90 Å². The van der Waals surface area contributed by atoms with Crippen molar-refractivity contribution >= 4 is 6.29 Å². The molecule has 18 heavy (non-hydrogen) atoms. The van der Waals surface area contributed by atoms with Crippen LogP contribution < -0.4 is 0 Å². The molecule has 0 bridgehead atoms. The van der Waals surface area contributed by atoms with Gasteiger partial charge in [0.15, 0.2) is 0 Å². The Kier molecular flexibility index (Phi) is 6.30. The second kappa shape index (κ2) is 7.25. The smallest absolute Gasteiger partial charge is 0.127 e. The number of nitrogens with zero attached hydrogens (tertiary/aromatic N) is 1. The Hall–Kier alpha value is -0.410. The molecule has 1 fully saturated rings. The third-order valence-corrected chi connectivity index (χ3v) is 4.35. The van der Waals surface area contributed by atoms with Crippen molar-refractivity contribution in [2.75, 3.05) is 26.8 Å². The van der Waals surface area contributed by atoms with Crippen molar-refractivity contribution < 1.29 is 9.53 Å². The van der Waals surface area contributed by atoms with Crippen LogP contribution in [0.3, 0.4) is 0 Å². The molecule has 1 saturated carbocycles. The summed E-state index contributed by atoms with van der Waals surface area (Å²) in [5, 5.41) is 0. The highest BCUT2D eigenvalue weighted by molar-refractivity contribution is 5.60. The number of ether oxygens (including phenoxy) is 1. The van der Waals surface area contributed by atoms with E-state index in [0.717, 1.165) is 38.5 Å². The number of aldehydes is 1. The highest BCUT2D eigenvalue weighted by Crippen LogP contribution is 2.38. The molecule has 3 nitrogen and oxygen atoms in total. The first-order valence-corrected chi connectivity index (χ1v) is 7.22. The highest BCUT2D eigenvalue weighted by atomic mass is 16.5. The van der Waals surface area contributed by atoms with Crippen LogP contribution in [0.25, 0.3) is 0 Å². The lowest BCUT2D eigenvalue weighted by atomic mass is 9.71. The minimum Gasteiger partial charge on any atom is -0.383 e. The molecule has 0 unspecified atom stereocenters. The van der Waals surface area contributed by atoms with Crippen LogP contribution in [-0.4, -0.2) is 44.0 Å². The number of carbonyl (C=O) groups is 1. The van der Waals surface area contributed by atoms with Crippen molar-refractivity contribution in [3.8, 4) is 0 Å². The summed E-state index contributed by atoms with van der Waals surface area (Å²) in [4.78, 5) is 13.9. The number of hydrogen-bond donors (Lipinski definition) is 0. The summed E-state index contributed by atoms with van der Waals surface area (Å²) < 4.78 is 5.17. The minimum absolute atomic E-state index is 0.107. The van der Waals surface area contributed by atoms with Gasteiger partial charge in [-0.1, -0.05) is 6.92 Å². The van der Waals surface area contributed by atoms with Crippen LogP contribution in [0.2, 0.25) is 0 Å². The lowest BCUT2D eigenvalue weighted by Gasteiger charge is -2.40. The van der Waals surface area contributed by atoms with E-state index in [-0.39, 0.29) is 5.41 Å². The van der Waals surface area contributed by atoms with Gasteiger partial charge in [-0.05, 0) is 45.4 Å². The van der Waals surface area contributed by atoms with E-state index in [4.69, 9.17) is 4.74 Å². The molecule has 0 saturated heterocycles. The number of hydrogen-bond acceptors (Lipinski definition) is 3. The van der Waals surface area contributed by atoms with Gasteiger partial charge in [0, 0.05) is 31.7 Å². The van der Waals surface area contributed by atoms with E-state index < -0.39 is 0 Å². The van der Waals surface area contributed by atoms with Gasteiger partial charge in [0.25, 0.3) is 0 Å². The molecule has 0 radical (unpaired) electrons. The minimum atomic E-state index is -0.107. The van der Waals surface area contributed by atoms with E-state index in [1.54, 1.807) is 7.11 Å². The maximum absolute atomic E-state index is 11.6. The van der Waals surface area contributed by atoms with E-state index in [9.17, 15) is 4.79 Å². The van der Waals surface area contributed by atoms with Crippen LogP contribution in [0.4, 0.5) is 0 Å². The van der Waals surface area contributed by atoms with Gasteiger partial charge >= 0.3 is 0 Å². The molecule has 1 rings (SSSR count). The Morgan fingerprint density at radius 3 is 2.44 bits per heavy atom. The predicted octanol–water partition coefficient (Wildman–Crippen LogP) is 2.74. The van der Waals surface area contributed by atoms with Gasteiger partial charge in [-0.15, -0.1) is 0 Å². The first-order chi connectivity index (χ1) is 8.53. The van der Waals surface area contributed by atoms with E-state index in [1.165, 1.54) is 19.1 Å². The summed E-state index contributed by atoms with van der Waals surface area (Å²) in [6, 6.07) is 0.469. The van der Waals surface area contributed by atoms with Gasteiger partial charge in [0.05, 0.1) is 6.61 Å². The summed E-state index contributed by atoms with van der Waals surface area (Å²) in [7, 11) is 1.73. The molecular weight excluding hydrogens is 226 g/mol. The van der Waals surface area contributed by atoms with Crippen molar-refractivity contribution in [3.05, 3.63) is 0 Å². The first kappa shape index (κ1) is 15.6. The molecule has 0 spiro atoms. The zero-order chi connectivity index (χ0) is 13.6. The molecule has 0 N–H and O–H groups in total. The average molecular weight is 255 g/mol. The van der Waals surface area contributed by atoms with Gasteiger partial charge in [0.1, 0.15) is 6.29 Å². The summed E-state index contributed by atoms with van der Waals surface area (Å²) in [6.45, 7) is 9.23. The third-order valence-electron chi connectivity index (χ3n) is 4.35. The van der Waals surface area contributed by atoms with Crippen LogP contribution in [-0.2, 0) is 9.53 Å². The van der Waals surface area contributed by atoms with Crippen LogP contribution in [0.1, 0.15) is 46.5 Å². The SMILES string of the molecule is COCCN(CC1(C=O)CCC(C)CC1)C(C)C. The monoisotopic (exact) mass is 255 g/mol. The fourth-order valence-corrected chi connectivity index (χ4v) is 2.78. The molecule has 1 aliphatic carbocycles. The Morgan fingerprint density at radius 1 is 1.39 bits per heavy atom. The zero-order valence-corrected chi connectivity index (χ0v) is 12.4. The maximum Gasteiger partial charge on any atom is 0.127 e. The zero-order valence-electron chi connectivity index (χ0n) is 12.4. The van der Waals surface area contributed by atoms with Crippen LogP contribution >= 0.6 is 0 Å². The molecule has 1 aliphatic rings. The van der Waals surface area contributed by atoms with Gasteiger partial charge in [-0.2, -0.15) is 0 Å². The molecule has 0 aromatic heterocycles. The normalized spacial score (nSPS) is 28.9. The number of carbonyl (C=O) groups excluding carboxylic acids is 1. The van der Waals surface area contributed by atoms with E-state index in [0.29, 0.717) is 6.04 Å². The molecule has 0 amide bonds. The van der Waals surface area contributed by atoms with Crippen LogP contribution in [0.15, 0.2) is 0 Å². The van der Waals surface area contributed by atoms with Crippen molar-refractivity contribution in [2.24, 2.45) is 11.3 Å². The second-order valence-electron chi connectivity index (χ2n) is 6.22. The Balaban J connectivity index is 2.61. The van der Waals surface area contributed by atoms with Crippen molar-refractivity contribution in [3.63, 3.8) is 0 Å². The van der Waals surface area contributed by atoms with E-state index in [2.05, 4.69) is 25.7 Å². The van der Waals surface area contributed by atoms with Crippen molar-refractivity contribution in [2.45, 2.75) is 52.5 Å². The Bertz CT molecular complexity index is 245. The molecule has 106 valence electrons. The highest BCUT2D eigenvalue weighted by Gasteiger charge is 2.36. The van der Waals surface area contributed by atoms with Crippen LogP contribution in [0.5, 0.6) is 0 Å². The fourth-order valence-electron chi connectivity index (χ4n) is 2.78. The van der Waals surface area contributed by atoms with Crippen molar-refractivity contribution in [1.29, 1.82) is 0 Å². The Labute approximate surface area is 112 Å². The molecule has 0 aromatic carbocycles. The fraction of sp³-hybridized carbons (Fsp3) is 0.933. The molecule has 3 heteroatoms. The van der Waals surface area contributed by atoms with E-state index >= 15 is 0 Å². The molecule has 0 atom stereocenters. The summed E-state index contributed by atoms with van der Waals surface area (Å²) in [5.74, 6) is 0.782. The number of methoxy groups -OCH3 is 1. The maximum atomic E-state index is 11.6. The lowest BCUT2D eigenvalue weighted by molar-refractivity contribution is -0.120. The standard InChI is InChI=1S/C15H29NO2/c1-13(2)16(9-10-18-4)11-15(12-17)7-5-14(3)6-8-15/h12-14H,5-11H2,1-4H3. The number of rotatable bonds is 7.